The highest BCUT2D eigenvalue weighted by Crippen LogP contribution is 2.19. The summed E-state index contributed by atoms with van der Waals surface area (Å²) < 4.78 is 26.1. The third kappa shape index (κ3) is 5.25. The molecule has 2 nitrogen and oxygen atoms in total. The smallest absolute Gasteiger partial charge is 0.159 e. The minimum atomic E-state index is -0.802. The second kappa shape index (κ2) is 6.44. The third-order valence-electron chi connectivity index (χ3n) is 3.07. The van der Waals surface area contributed by atoms with Crippen LogP contribution < -0.4 is 5.32 Å². The van der Waals surface area contributed by atoms with Crippen molar-refractivity contribution in [3.05, 3.63) is 35.4 Å². The van der Waals surface area contributed by atoms with Crippen LogP contribution in [0.4, 0.5) is 8.78 Å². The predicted octanol–water partition coefficient (Wildman–Crippen LogP) is 3.20. The fraction of sp³-hybridized carbons (Fsp3) is 0.600. The van der Waals surface area contributed by atoms with Crippen LogP contribution in [0, 0.1) is 17.0 Å². The molecule has 0 aliphatic rings. The van der Waals surface area contributed by atoms with Gasteiger partial charge in [-0.25, -0.2) is 8.78 Å². The molecule has 0 radical (unpaired) electrons. The molecule has 1 aromatic carbocycles. The summed E-state index contributed by atoms with van der Waals surface area (Å²) in [6, 6.07) is 4.05. The van der Waals surface area contributed by atoms with Gasteiger partial charge < -0.3 is 10.2 Å². The van der Waals surface area contributed by atoms with Gasteiger partial charge in [0.2, 0.25) is 0 Å². The normalized spacial score (nSPS) is 13.9. The number of rotatable bonds is 6. The first-order chi connectivity index (χ1) is 8.71. The molecular formula is C15H24F2N2. The van der Waals surface area contributed by atoms with E-state index in [2.05, 4.69) is 24.1 Å². The maximum Gasteiger partial charge on any atom is 0.159 e. The zero-order chi connectivity index (χ0) is 14.6. The Labute approximate surface area is 114 Å². The highest BCUT2D eigenvalue weighted by molar-refractivity contribution is 5.20. The van der Waals surface area contributed by atoms with E-state index in [1.807, 2.05) is 21.0 Å². The first kappa shape index (κ1) is 16.1. The fourth-order valence-electron chi connectivity index (χ4n) is 2.24. The SMILES string of the molecule is CC(NCC(C)(C)CN(C)C)c1ccc(F)c(F)c1. The lowest BCUT2D eigenvalue weighted by atomic mass is 9.92. The number of nitrogens with zero attached hydrogens (tertiary/aromatic N) is 1. The molecule has 0 saturated heterocycles. The summed E-state index contributed by atoms with van der Waals surface area (Å²) in [6.45, 7) is 8.09. The van der Waals surface area contributed by atoms with Crippen molar-refractivity contribution in [2.45, 2.75) is 26.8 Å². The highest BCUT2D eigenvalue weighted by Gasteiger charge is 2.20. The molecule has 0 aliphatic carbocycles. The highest BCUT2D eigenvalue weighted by atomic mass is 19.2. The second-order valence-electron chi connectivity index (χ2n) is 6.18. The maximum atomic E-state index is 13.2. The molecule has 1 atom stereocenters. The molecule has 0 saturated carbocycles. The Kier molecular flexibility index (Phi) is 5.44. The van der Waals surface area contributed by atoms with Crippen LogP contribution in [0.25, 0.3) is 0 Å². The summed E-state index contributed by atoms with van der Waals surface area (Å²) in [5.41, 5.74) is 0.885. The van der Waals surface area contributed by atoms with Crippen molar-refractivity contribution in [3.8, 4) is 0 Å². The van der Waals surface area contributed by atoms with Gasteiger partial charge in [-0.15, -0.1) is 0 Å². The van der Waals surface area contributed by atoms with Crippen molar-refractivity contribution in [3.63, 3.8) is 0 Å². The maximum absolute atomic E-state index is 13.2. The van der Waals surface area contributed by atoms with Crippen molar-refractivity contribution in [1.29, 1.82) is 0 Å². The van der Waals surface area contributed by atoms with Gasteiger partial charge in [0.05, 0.1) is 0 Å². The Morgan fingerprint density at radius 1 is 1.21 bits per heavy atom. The standard InChI is InChI=1S/C15H24F2N2/c1-11(12-6-7-13(16)14(17)8-12)18-9-15(2,3)10-19(4)5/h6-8,11,18H,9-10H2,1-5H3. The molecule has 0 bridgehead atoms. The summed E-state index contributed by atoms with van der Waals surface area (Å²) in [6.07, 6.45) is 0. The van der Waals surface area contributed by atoms with Crippen LogP contribution in [-0.2, 0) is 0 Å². The number of benzene rings is 1. The lowest BCUT2D eigenvalue weighted by molar-refractivity contribution is 0.227. The van der Waals surface area contributed by atoms with Crippen molar-refractivity contribution >= 4 is 0 Å². The van der Waals surface area contributed by atoms with Gasteiger partial charge in [-0.3, -0.25) is 0 Å². The van der Waals surface area contributed by atoms with E-state index in [1.165, 1.54) is 12.1 Å². The Morgan fingerprint density at radius 2 is 1.84 bits per heavy atom. The first-order valence-corrected chi connectivity index (χ1v) is 6.54. The lowest BCUT2D eigenvalue weighted by Gasteiger charge is -2.30. The van der Waals surface area contributed by atoms with Crippen molar-refractivity contribution < 1.29 is 8.78 Å². The van der Waals surface area contributed by atoms with E-state index in [1.54, 1.807) is 6.07 Å². The number of hydrogen-bond acceptors (Lipinski definition) is 2. The monoisotopic (exact) mass is 270 g/mol. The molecule has 0 aliphatic heterocycles. The van der Waals surface area contributed by atoms with Crippen LogP contribution in [0.5, 0.6) is 0 Å². The molecule has 0 heterocycles. The van der Waals surface area contributed by atoms with E-state index in [0.29, 0.717) is 0 Å². The predicted molar refractivity (Wildman–Crippen MR) is 75.1 cm³/mol. The van der Waals surface area contributed by atoms with Crippen LogP contribution in [-0.4, -0.2) is 32.1 Å². The molecule has 1 aromatic rings. The van der Waals surface area contributed by atoms with E-state index < -0.39 is 11.6 Å². The molecule has 19 heavy (non-hydrogen) atoms. The quantitative estimate of drug-likeness (QED) is 0.854. The van der Waals surface area contributed by atoms with E-state index in [-0.39, 0.29) is 11.5 Å². The molecule has 0 aromatic heterocycles. The minimum absolute atomic E-state index is 0.00321. The molecule has 1 unspecified atom stereocenters. The van der Waals surface area contributed by atoms with Gasteiger partial charge in [0, 0.05) is 19.1 Å². The summed E-state index contributed by atoms with van der Waals surface area (Å²) in [7, 11) is 4.08. The Bertz CT molecular complexity index is 417. The molecule has 108 valence electrons. The summed E-state index contributed by atoms with van der Waals surface area (Å²) >= 11 is 0. The van der Waals surface area contributed by atoms with Gasteiger partial charge in [0.25, 0.3) is 0 Å². The average molecular weight is 270 g/mol. The summed E-state index contributed by atoms with van der Waals surface area (Å²) in [5, 5.41) is 3.38. The first-order valence-electron chi connectivity index (χ1n) is 6.54. The van der Waals surface area contributed by atoms with Crippen molar-refractivity contribution in [2.24, 2.45) is 5.41 Å². The summed E-state index contributed by atoms with van der Waals surface area (Å²) in [5.74, 6) is -1.59. The van der Waals surface area contributed by atoms with Crippen molar-refractivity contribution in [1.82, 2.24) is 10.2 Å². The van der Waals surface area contributed by atoms with Crippen LogP contribution >= 0.6 is 0 Å². The number of nitrogens with one attached hydrogen (secondary N) is 1. The van der Waals surface area contributed by atoms with Gasteiger partial charge >= 0.3 is 0 Å². The molecule has 0 spiro atoms. The Hall–Kier alpha value is -1.00. The topological polar surface area (TPSA) is 15.3 Å². The van der Waals surface area contributed by atoms with Gasteiger partial charge in [0.1, 0.15) is 0 Å². The van der Waals surface area contributed by atoms with E-state index in [4.69, 9.17) is 0 Å². The van der Waals surface area contributed by atoms with Gasteiger partial charge in [-0.1, -0.05) is 19.9 Å². The van der Waals surface area contributed by atoms with Crippen LogP contribution in [0.15, 0.2) is 18.2 Å². The van der Waals surface area contributed by atoms with Crippen molar-refractivity contribution in [2.75, 3.05) is 27.2 Å². The third-order valence-corrected chi connectivity index (χ3v) is 3.07. The van der Waals surface area contributed by atoms with Gasteiger partial charge in [-0.05, 0) is 44.1 Å². The van der Waals surface area contributed by atoms with Crippen LogP contribution in [0.3, 0.4) is 0 Å². The zero-order valence-corrected chi connectivity index (χ0v) is 12.4. The lowest BCUT2D eigenvalue weighted by Crippen LogP contribution is -2.38. The number of hydrogen-bond donors (Lipinski definition) is 1. The van der Waals surface area contributed by atoms with Gasteiger partial charge in [0.15, 0.2) is 11.6 Å². The molecule has 1 rings (SSSR count). The zero-order valence-electron chi connectivity index (χ0n) is 12.4. The minimum Gasteiger partial charge on any atom is -0.310 e. The van der Waals surface area contributed by atoms with E-state index in [0.717, 1.165) is 18.7 Å². The molecular weight excluding hydrogens is 246 g/mol. The fourth-order valence-corrected chi connectivity index (χ4v) is 2.24. The van der Waals surface area contributed by atoms with Gasteiger partial charge in [-0.2, -0.15) is 0 Å². The molecule has 4 heteroatoms. The molecule has 0 fully saturated rings. The molecule has 0 amide bonds. The molecule has 1 N–H and O–H groups in total. The summed E-state index contributed by atoms with van der Waals surface area (Å²) in [4.78, 5) is 2.14. The second-order valence-corrected chi connectivity index (χ2v) is 6.18. The Balaban J connectivity index is 2.59. The van der Waals surface area contributed by atoms with E-state index in [9.17, 15) is 8.78 Å². The van der Waals surface area contributed by atoms with E-state index >= 15 is 0 Å². The largest absolute Gasteiger partial charge is 0.310 e. The number of halogens is 2. The van der Waals surface area contributed by atoms with Crippen LogP contribution in [0.1, 0.15) is 32.4 Å². The Morgan fingerprint density at radius 3 is 2.37 bits per heavy atom. The average Bonchev–Trinajstić information content (AvgIpc) is 2.28. The van der Waals surface area contributed by atoms with Crippen LogP contribution in [0.2, 0.25) is 0 Å².